The molecule has 0 saturated heterocycles. The van der Waals surface area contributed by atoms with Crippen LogP contribution >= 0.6 is 0 Å². The summed E-state index contributed by atoms with van der Waals surface area (Å²) in [6.45, 7) is 0.685. The molecule has 5 aromatic carbocycles. The van der Waals surface area contributed by atoms with Crippen molar-refractivity contribution in [3.8, 4) is 0 Å². The van der Waals surface area contributed by atoms with Gasteiger partial charge in [-0.05, 0) is 46.4 Å². The average molecular weight is 482 g/mol. The smallest absolute Gasteiger partial charge is 0.185 e. The van der Waals surface area contributed by atoms with Crippen molar-refractivity contribution in [1.29, 1.82) is 0 Å². The zero-order valence-corrected chi connectivity index (χ0v) is 20.9. The van der Waals surface area contributed by atoms with Gasteiger partial charge >= 0.3 is 0 Å². The quantitative estimate of drug-likeness (QED) is 0.164. The first kappa shape index (κ1) is 24.4. The molecular weight excluding hydrogens is 450 g/mol. The molecule has 5 rings (SSSR count). The third-order valence-corrected chi connectivity index (χ3v) is 6.85. The van der Waals surface area contributed by atoms with Gasteiger partial charge in [0, 0.05) is 17.6 Å². The molecule has 2 heteroatoms. The maximum atomic E-state index is 13.1. The monoisotopic (exact) mass is 481 g/mol. The van der Waals surface area contributed by atoms with Gasteiger partial charge in [0.25, 0.3) is 0 Å². The van der Waals surface area contributed by atoms with E-state index in [0.717, 1.165) is 12.8 Å². The summed E-state index contributed by atoms with van der Waals surface area (Å²) < 4.78 is 0. The van der Waals surface area contributed by atoms with E-state index in [0.29, 0.717) is 12.1 Å². The number of hydrogen-bond acceptors (Lipinski definition) is 2. The standard InChI is InChI=1S/C35H31NO/c37-34(31-18-8-3-9-19-31)23-24-35(25-28-13-4-1-5-14-28,26-29-15-6-2-7-16-29)36-27-32-21-12-20-30-17-10-11-22-33(30)32/h1-24,36H,25-27H2/b24-23+. The zero-order valence-electron chi connectivity index (χ0n) is 20.9. The minimum absolute atomic E-state index is 0.0121. The van der Waals surface area contributed by atoms with Crippen LogP contribution in [-0.2, 0) is 19.4 Å². The van der Waals surface area contributed by atoms with Crippen LogP contribution < -0.4 is 5.32 Å². The molecule has 0 saturated carbocycles. The van der Waals surface area contributed by atoms with Crippen molar-refractivity contribution in [1.82, 2.24) is 5.32 Å². The van der Waals surface area contributed by atoms with Gasteiger partial charge in [-0.1, -0.05) is 140 Å². The maximum absolute atomic E-state index is 13.1. The molecule has 0 heterocycles. The van der Waals surface area contributed by atoms with E-state index in [1.165, 1.54) is 27.5 Å². The molecule has 37 heavy (non-hydrogen) atoms. The molecule has 2 nitrogen and oxygen atoms in total. The van der Waals surface area contributed by atoms with Gasteiger partial charge in [-0.2, -0.15) is 0 Å². The summed E-state index contributed by atoms with van der Waals surface area (Å²) in [4.78, 5) is 13.1. The predicted molar refractivity (Wildman–Crippen MR) is 154 cm³/mol. The Morgan fingerprint density at radius 2 is 1.16 bits per heavy atom. The highest BCUT2D eigenvalue weighted by Crippen LogP contribution is 2.25. The average Bonchev–Trinajstić information content (AvgIpc) is 2.96. The van der Waals surface area contributed by atoms with E-state index in [-0.39, 0.29) is 5.78 Å². The number of allylic oxidation sites excluding steroid dienone is 1. The lowest BCUT2D eigenvalue weighted by atomic mass is 9.83. The van der Waals surface area contributed by atoms with Crippen molar-refractivity contribution >= 4 is 16.6 Å². The lowest BCUT2D eigenvalue weighted by Gasteiger charge is -2.33. The molecule has 0 aromatic heterocycles. The Balaban J connectivity index is 1.54. The fourth-order valence-corrected chi connectivity index (χ4v) is 4.94. The summed E-state index contributed by atoms with van der Waals surface area (Å²) in [6.07, 6.45) is 5.35. The molecule has 0 bridgehead atoms. The minimum Gasteiger partial charge on any atom is -0.303 e. The van der Waals surface area contributed by atoms with Crippen LogP contribution in [0.4, 0.5) is 0 Å². The Labute approximate surface area is 219 Å². The summed E-state index contributed by atoms with van der Waals surface area (Å²) in [7, 11) is 0. The number of nitrogens with one attached hydrogen (secondary N) is 1. The van der Waals surface area contributed by atoms with E-state index in [4.69, 9.17) is 0 Å². The van der Waals surface area contributed by atoms with Crippen molar-refractivity contribution < 1.29 is 4.79 Å². The minimum atomic E-state index is -0.468. The molecule has 0 fully saturated rings. The largest absolute Gasteiger partial charge is 0.303 e. The van der Waals surface area contributed by atoms with E-state index in [1.54, 1.807) is 6.08 Å². The van der Waals surface area contributed by atoms with Gasteiger partial charge in [0.1, 0.15) is 0 Å². The molecule has 0 amide bonds. The molecule has 0 aliphatic heterocycles. The van der Waals surface area contributed by atoms with E-state index < -0.39 is 5.54 Å². The van der Waals surface area contributed by atoms with Gasteiger partial charge in [-0.15, -0.1) is 0 Å². The van der Waals surface area contributed by atoms with Gasteiger partial charge in [0.2, 0.25) is 0 Å². The topological polar surface area (TPSA) is 29.1 Å². The molecule has 0 spiro atoms. The van der Waals surface area contributed by atoms with Gasteiger partial charge in [-0.3, -0.25) is 4.79 Å². The molecule has 0 radical (unpaired) electrons. The van der Waals surface area contributed by atoms with Crippen LogP contribution in [0.1, 0.15) is 27.0 Å². The Bertz CT molecular complexity index is 1430. The van der Waals surface area contributed by atoms with Crippen LogP contribution in [0.15, 0.2) is 146 Å². The van der Waals surface area contributed by atoms with Crippen LogP contribution in [0, 0.1) is 0 Å². The zero-order chi connectivity index (χ0) is 25.3. The lowest BCUT2D eigenvalue weighted by Crippen LogP contribution is -2.47. The van der Waals surface area contributed by atoms with Crippen LogP contribution in [-0.4, -0.2) is 11.3 Å². The second-order valence-electron chi connectivity index (χ2n) is 9.54. The van der Waals surface area contributed by atoms with Gasteiger partial charge in [0.15, 0.2) is 5.78 Å². The first-order valence-electron chi connectivity index (χ1n) is 12.8. The van der Waals surface area contributed by atoms with E-state index >= 15 is 0 Å². The second kappa shape index (κ2) is 11.6. The fraction of sp³-hybridized carbons (Fsp3) is 0.114. The SMILES string of the molecule is O=C(/C=C/C(Cc1ccccc1)(Cc1ccccc1)NCc1cccc2ccccc12)c1ccccc1. The number of carbonyl (C=O) groups excluding carboxylic acids is 1. The van der Waals surface area contributed by atoms with Crippen molar-refractivity contribution in [2.24, 2.45) is 0 Å². The summed E-state index contributed by atoms with van der Waals surface area (Å²) in [6, 6.07) is 45.4. The van der Waals surface area contributed by atoms with Crippen molar-refractivity contribution in [3.63, 3.8) is 0 Å². The first-order chi connectivity index (χ1) is 18.2. The lowest BCUT2D eigenvalue weighted by molar-refractivity contribution is 0.104. The van der Waals surface area contributed by atoms with Crippen LogP contribution in [0.5, 0.6) is 0 Å². The number of ketones is 1. The number of hydrogen-bond donors (Lipinski definition) is 1. The predicted octanol–water partition coefficient (Wildman–Crippen LogP) is 7.59. The van der Waals surface area contributed by atoms with Gasteiger partial charge in [0.05, 0.1) is 0 Å². The third-order valence-electron chi connectivity index (χ3n) is 6.85. The number of carbonyl (C=O) groups is 1. The van der Waals surface area contributed by atoms with Crippen molar-refractivity contribution in [2.45, 2.75) is 24.9 Å². The van der Waals surface area contributed by atoms with Crippen molar-refractivity contribution in [3.05, 3.63) is 168 Å². The highest BCUT2D eigenvalue weighted by Gasteiger charge is 2.28. The Morgan fingerprint density at radius 3 is 1.81 bits per heavy atom. The highest BCUT2D eigenvalue weighted by atomic mass is 16.1. The van der Waals surface area contributed by atoms with Crippen LogP contribution in [0.2, 0.25) is 0 Å². The van der Waals surface area contributed by atoms with E-state index in [1.807, 2.05) is 42.5 Å². The van der Waals surface area contributed by atoms with E-state index in [9.17, 15) is 4.79 Å². The Kier molecular flexibility index (Phi) is 7.69. The van der Waals surface area contributed by atoms with Gasteiger partial charge in [-0.25, -0.2) is 0 Å². The molecule has 1 N–H and O–H groups in total. The van der Waals surface area contributed by atoms with E-state index in [2.05, 4.69) is 102 Å². The second-order valence-corrected chi connectivity index (χ2v) is 9.54. The number of benzene rings is 5. The summed E-state index contributed by atoms with van der Waals surface area (Å²) in [5.41, 5.74) is 3.92. The van der Waals surface area contributed by atoms with Gasteiger partial charge < -0.3 is 5.32 Å². The molecule has 5 aromatic rings. The third kappa shape index (κ3) is 6.30. The van der Waals surface area contributed by atoms with Crippen LogP contribution in [0.25, 0.3) is 10.8 Å². The Morgan fingerprint density at radius 1 is 0.622 bits per heavy atom. The molecule has 182 valence electrons. The number of rotatable bonds is 10. The summed E-state index contributed by atoms with van der Waals surface area (Å²) in [5, 5.41) is 6.38. The normalized spacial score (nSPS) is 11.7. The number of fused-ring (bicyclic) bond motifs is 1. The molecule has 0 aliphatic rings. The molecule has 0 atom stereocenters. The van der Waals surface area contributed by atoms with Crippen molar-refractivity contribution in [2.75, 3.05) is 0 Å². The molecule has 0 unspecified atom stereocenters. The fourth-order valence-electron chi connectivity index (χ4n) is 4.94. The first-order valence-corrected chi connectivity index (χ1v) is 12.8. The maximum Gasteiger partial charge on any atom is 0.185 e. The summed E-state index contributed by atoms with van der Waals surface area (Å²) in [5.74, 6) is 0.0121. The molecule has 0 aliphatic carbocycles. The summed E-state index contributed by atoms with van der Waals surface area (Å²) >= 11 is 0. The molecular formula is C35H31NO. The Hall–Kier alpha value is -4.27. The van der Waals surface area contributed by atoms with Crippen LogP contribution in [0.3, 0.4) is 0 Å². The highest BCUT2D eigenvalue weighted by molar-refractivity contribution is 6.04.